The molecule has 0 amide bonds. The van der Waals surface area contributed by atoms with Crippen LogP contribution in [-0.4, -0.2) is 4.98 Å². The van der Waals surface area contributed by atoms with Crippen molar-refractivity contribution in [2.75, 3.05) is 0 Å². The fourth-order valence-corrected chi connectivity index (χ4v) is 1.89. The summed E-state index contributed by atoms with van der Waals surface area (Å²) in [6.45, 7) is 0. The second kappa shape index (κ2) is 4.84. The average molecular weight is 328 g/mol. The first-order chi connectivity index (χ1) is 6.60. The zero-order valence-electron chi connectivity index (χ0n) is 6.77. The standard InChI is InChI=1S/C8H4ClF2IN2/c9-2-6-7(12)4(3-13)1-5(14-6)8(10)11/h1,8H,2H2. The van der Waals surface area contributed by atoms with Gasteiger partial charge in [-0.3, -0.25) is 0 Å². The molecule has 0 aliphatic rings. The molecule has 1 rings (SSSR count). The van der Waals surface area contributed by atoms with Crippen molar-refractivity contribution in [1.29, 1.82) is 5.26 Å². The number of halogens is 4. The van der Waals surface area contributed by atoms with Gasteiger partial charge in [-0.1, -0.05) is 0 Å². The van der Waals surface area contributed by atoms with Gasteiger partial charge in [-0.05, 0) is 28.7 Å². The summed E-state index contributed by atoms with van der Waals surface area (Å²) in [5.41, 5.74) is 0.103. The molecule has 0 saturated heterocycles. The minimum Gasteiger partial charge on any atom is -0.249 e. The topological polar surface area (TPSA) is 36.7 Å². The fraction of sp³-hybridized carbons (Fsp3) is 0.250. The van der Waals surface area contributed by atoms with Crippen LogP contribution in [0.3, 0.4) is 0 Å². The van der Waals surface area contributed by atoms with Crippen molar-refractivity contribution in [2.45, 2.75) is 12.3 Å². The molecule has 0 fully saturated rings. The summed E-state index contributed by atoms with van der Waals surface area (Å²) in [6.07, 6.45) is -2.68. The van der Waals surface area contributed by atoms with Gasteiger partial charge in [-0.2, -0.15) is 5.26 Å². The van der Waals surface area contributed by atoms with Gasteiger partial charge in [0.2, 0.25) is 0 Å². The number of nitrogens with zero attached hydrogens (tertiary/aromatic N) is 2. The van der Waals surface area contributed by atoms with Gasteiger partial charge in [0, 0.05) is 0 Å². The van der Waals surface area contributed by atoms with E-state index in [1.165, 1.54) is 0 Å². The molecule has 0 N–H and O–H groups in total. The van der Waals surface area contributed by atoms with E-state index < -0.39 is 12.1 Å². The second-order valence-electron chi connectivity index (χ2n) is 2.40. The SMILES string of the molecule is N#Cc1cc(C(F)F)nc(CCl)c1I. The van der Waals surface area contributed by atoms with E-state index in [1.54, 1.807) is 0 Å². The third-order valence-corrected chi connectivity index (χ3v) is 2.97. The molecular formula is C8H4ClF2IN2. The van der Waals surface area contributed by atoms with Gasteiger partial charge >= 0.3 is 0 Å². The number of pyridine rings is 1. The smallest absolute Gasteiger partial charge is 0.249 e. The maximum Gasteiger partial charge on any atom is 0.280 e. The van der Waals surface area contributed by atoms with E-state index in [4.69, 9.17) is 16.9 Å². The molecule has 2 nitrogen and oxygen atoms in total. The van der Waals surface area contributed by atoms with E-state index in [-0.39, 0.29) is 11.4 Å². The lowest BCUT2D eigenvalue weighted by Crippen LogP contribution is -2.00. The normalized spacial score (nSPS) is 10.3. The molecule has 0 aliphatic carbocycles. The van der Waals surface area contributed by atoms with Gasteiger partial charge < -0.3 is 0 Å². The van der Waals surface area contributed by atoms with E-state index in [0.717, 1.165) is 6.07 Å². The van der Waals surface area contributed by atoms with Crippen LogP contribution >= 0.6 is 34.2 Å². The Morgan fingerprint density at radius 3 is 2.71 bits per heavy atom. The van der Waals surface area contributed by atoms with Crippen LogP contribution in [0.5, 0.6) is 0 Å². The third kappa shape index (κ3) is 2.30. The molecule has 0 atom stereocenters. The van der Waals surface area contributed by atoms with Gasteiger partial charge in [0.05, 0.1) is 20.7 Å². The molecule has 0 aliphatic heterocycles. The van der Waals surface area contributed by atoms with Gasteiger partial charge in [-0.15, -0.1) is 11.6 Å². The fourth-order valence-electron chi connectivity index (χ4n) is 0.886. The van der Waals surface area contributed by atoms with Crippen LogP contribution in [0.15, 0.2) is 6.07 Å². The lowest BCUT2D eigenvalue weighted by Gasteiger charge is -2.05. The number of hydrogen-bond acceptors (Lipinski definition) is 2. The molecule has 1 aromatic rings. The lowest BCUT2D eigenvalue weighted by atomic mass is 10.2. The summed E-state index contributed by atoms with van der Waals surface area (Å²) in [5, 5.41) is 8.67. The Kier molecular flexibility index (Phi) is 4.01. The first-order valence-corrected chi connectivity index (χ1v) is 5.15. The van der Waals surface area contributed by atoms with Crippen molar-refractivity contribution in [1.82, 2.24) is 4.98 Å². The molecule has 0 unspecified atom stereocenters. The molecule has 1 heterocycles. The number of hydrogen-bond donors (Lipinski definition) is 0. The number of alkyl halides is 3. The number of nitriles is 1. The molecule has 6 heteroatoms. The highest BCUT2D eigenvalue weighted by atomic mass is 127. The summed E-state index contributed by atoms with van der Waals surface area (Å²) in [4.78, 5) is 3.66. The Morgan fingerprint density at radius 2 is 2.29 bits per heavy atom. The van der Waals surface area contributed by atoms with E-state index in [9.17, 15) is 8.78 Å². The molecular weight excluding hydrogens is 324 g/mol. The van der Waals surface area contributed by atoms with Crippen molar-refractivity contribution < 1.29 is 8.78 Å². The van der Waals surface area contributed by atoms with Crippen molar-refractivity contribution in [3.8, 4) is 6.07 Å². The number of aromatic nitrogens is 1. The van der Waals surface area contributed by atoms with Crippen molar-refractivity contribution in [3.63, 3.8) is 0 Å². The van der Waals surface area contributed by atoms with Gasteiger partial charge in [0.25, 0.3) is 6.43 Å². The van der Waals surface area contributed by atoms with Crippen LogP contribution < -0.4 is 0 Å². The molecule has 0 saturated carbocycles. The third-order valence-electron chi connectivity index (χ3n) is 1.52. The maximum absolute atomic E-state index is 12.3. The Balaban J connectivity index is 3.34. The summed E-state index contributed by atoms with van der Waals surface area (Å²) >= 11 is 7.38. The first-order valence-electron chi connectivity index (χ1n) is 3.53. The van der Waals surface area contributed by atoms with Crippen LogP contribution in [0.2, 0.25) is 0 Å². The minimum atomic E-state index is -2.68. The molecule has 1 aromatic heterocycles. The van der Waals surface area contributed by atoms with Crippen LogP contribution in [0.1, 0.15) is 23.4 Å². The lowest BCUT2D eigenvalue weighted by molar-refractivity contribution is 0.146. The maximum atomic E-state index is 12.3. The Labute approximate surface area is 98.0 Å². The Bertz CT molecular complexity index is 390. The summed E-state index contributed by atoms with van der Waals surface area (Å²) in [5.74, 6) is 0.0213. The zero-order chi connectivity index (χ0) is 10.7. The molecule has 0 spiro atoms. The Morgan fingerprint density at radius 1 is 1.64 bits per heavy atom. The van der Waals surface area contributed by atoms with Gasteiger partial charge in [0.1, 0.15) is 11.8 Å². The highest BCUT2D eigenvalue weighted by molar-refractivity contribution is 14.1. The molecule has 14 heavy (non-hydrogen) atoms. The number of rotatable bonds is 2. The first kappa shape index (κ1) is 11.6. The summed E-state index contributed by atoms with van der Waals surface area (Å²) in [7, 11) is 0. The molecule has 0 bridgehead atoms. The van der Waals surface area contributed by atoms with E-state index in [0.29, 0.717) is 9.26 Å². The summed E-state index contributed by atoms with van der Waals surface area (Å²) in [6, 6.07) is 2.91. The van der Waals surface area contributed by atoms with Crippen LogP contribution in [0.4, 0.5) is 8.78 Å². The highest BCUT2D eigenvalue weighted by Gasteiger charge is 2.15. The Hall–Kier alpha value is -0.480. The van der Waals surface area contributed by atoms with E-state index in [2.05, 4.69) is 4.98 Å². The van der Waals surface area contributed by atoms with Crippen LogP contribution in [-0.2, 0) is 5.88 Å². The van der Waals surface area contributed by atoms with E-state index in [1.807, 2.05) is 28.7 Å². The van der Waals surface area contributed by atoms with Crippen molar-refractivity contribution >= 4 is 34.2 Å². The average Bonchev–Trinajstić information content (AvgIpc) is 2.17. The van der Waals surface area contributed by atoms with Crippen molar-refractivity contribution in [3.05, 3.63) is 26.6 Å². The highest BCUT2D eigenvalue weighted by Crippen LogP contribution is 2.23. The quantitative estimate of drug-likeness (QED) is 0.617. The van der Waals surface area contributed by atoms with Gasteiger partial charge in [0.15, 0.2) is 0 Å². The molecule has 0 radical (unpaired) electrons. The predicted octanol–water partition coefficient (Wildman–Crippen LogP) is 3.23. The second-order valence-corrected chi connectivity index (χ2v) is 3.75. The zero-order valence-corrected chi connectivity index (χ0v) is 9.68. The van der Waals surface area contributed by atoms with Crippen LogP contribution in [0.25, 0.3) is 0 Å². The summed E-state index contributed by atoms with van der Waals surface area (Å²) < 4.78 is 25.2. The molecule has 74 valence electrons. The predicted molar refractivity (Wildman–Crippen MR) is 56.2 cm³/mol. The minimum absolute atomic E-state index is 0.0213. The van der Waals surface area contributed by atoms with Crippen molar-refractivity contribution in [2.24, 2.45) is 0 Å². The largest absolute Gasteiger partial charge is 0.280 e. The monoisotopic (exact) mass is 328 g/mol. The van der Waals surface area contributed by atoms with Gasteiger partial charge in [-0.25, -0.2) is 13.8 Å². The molecule has 0 aromatic carbocycles. The van der Waals surface area contributed by atoms with E-state index >= 15 is 0 Å². The van der Waals surface area contributed by atoms with Crippen LogP contribution in [0, 0.1) is 14.9 Å².